The molecule has 0 aliphatic carbocycles. The molecule has 0 saturated carbocycles. The van der Waals surface area contributed by atoms with Gasteiger partial charge < -0.3 is 10.2 Å². The number of halogens is 1. The maximum absolute atomic E-state index is 11.9. The van der Waals surface area contributed by atoms with E-state index in [1.807, 2.05) is 24.3 Å². The molecular weight excluding hydrogens is 284 g/mol. The van der Waals surface area contributed by atoms with Gasteiger partial charge in [0.15, 0.2) is 0 Å². The minimum Gasteiger partial charge on any atom is -0.356 e. The molecule has 0 unspecified atom stereocenters. The highest BCUT2D eigenvalue weighted by Crippen LogP contribution is 2.19. The van der Waals surface area contributed by atoms with Gasteiger partial charge in [-0.3, -0.25) is 4.79 Å². The van der Waals surface area contributed by atoms with Gasteiger partial charge in [-0.2, -0.15) is 0 Å². The Morgan fingerprint density at radius 2 is 2.05 bits per heavy atom. The van der Waals surface area contributed by atoms with Crippen LogP contribution in [-0.4, -0.2) is 37.5 Å². The van der Waals surface area contributed by atoms with Crippen molar-refractivity contribution in [2.24, 2.45) is 5.92 Å². The average Bonchev–Trinajstić information content (AvgIpc) is 2.48. The Morgan fingerprint density at radius 1 is 1.33 bits per heavy atom. The Labute approximate surface area is 132 Å². The number of amides is 1. The lowest BCUT2D eigenvalue weighted by Gasteiger charge is -2.28. The van der Waals surface area contributed by atoms with Crippen molar-refractivity contribution in [2.45, 2.75) is 32.1 Å². The number of carbonyl (C=O) groups excluding carboxylic acids is 1. The smallest absolute Gasteiger partial charge is 0.220 e. The van der Waals surface area contributed by atoms with Crippen molar-refractivity contribution in [1.82, 2.24) is 10.2 Å². The lowest BCUT2D eigenvalue weighted by Crippen LogP contribution is -2.33. The lowest BCUT2D eigenvalue weighted by atomic mass is 9.93. The third-order valence-electron chi connectivity index (χ3n) is 4.22. The van der Waals surface area contributed by atoms with Crippen LogP contribution in [0.2, 0.25) is 5.02 Å². The van der Waals surface area contributed by atoms with Gasteiger partial charge in [-0.15, -0.1) is 0 Å². The molecule has 1 aromatic carbocycles. The number of hydrogen-bond donors (Lipinski definition) is 1. The van der Waals surface area contributed by atoms with Crippen LogP contribution in [-0.2, 0) is 11.2 Å². The van der Waals surface area contributed by atoms with Crippen LogP contribution in [0.4, 0.5) is 0 Å². The van der Waals surface area contributed by atoms with Crippen molar-refractivity contribution in [3.63, 3.8) is 0 Å². The van der Waals surface area contributed by atoms with Crippen LogP contribution in [0.25, 0.3) is 0 Å². The summed E-state index contributed by atoms with van der Waals surface area (Å²) in [5.74, 6) is 0.758. The zero-order chi connectivity index (χ0) is 15.1. The van der Waals surface area contributed by atoms with Crippen molar-refractivity contribution in [3.05, 3.63) is 34.9 Å². The third-order valence-corrected chi connectivity index (χ3v) is 4.58. The van der Waals surface area contributed by atoms with Gasteiger partial charge in [0.2, 0.25) is 5.91 Å². The highest BCUT2D eigenvalue weighted by atomic mass is 35.5. The molecule has 1 saturated heterocycles. The van der Waals surface area contributed by atoms with E-state index >= 15 is 0 Å². The number of carbonyl (C=O) groups is 1. The van der Waals surface area contributed by atoms with Gasteiger partial charge >= 0.3 is 0 Å². The molecule has 1 aromatic rings. The first-order valence-electron chi connectivity index (χ1n) is 7.84. The number of benzene rings is 1. The number of hydrogen-bond acceptors (Lipinski definition) is 2. The fraction of sp³-hybridized carbons (Fsp3) is 0.588. The summed E-state index contributed by atoms with van der Waals surface area (Å²) in [5, 5.41) is 3.85. The van der Waals surface area contributed by atoms with Gasteiger partial charge in [0.05, 0.1) is 0 Å². The Bertz CT molecular complexity index is 456. The molecular formula is C17H25ClN2O. The summed E-state index contributed by atoms with van der Waals surface area (Å²) < 4.78 is 0. The second-order valence-corrected chi connectivity index (χ2v) is 6.40. The van der Waals surface area contributed by atoms with Crippen LogP contribution in [0, 0.1) is 5.92 Å². The predicted octanol–water partition coefficient (Wildman–Crippen LogP) is 3.12. The second kappa shape index (κ2) is 8.40. The summed E-state index contributed by atoms with van der Waals surface area (Å²) in [5.41, 5.74) is 1.16. The van der Waals surface area contributed by atoms with E-state index in [1.54, 1.807) is 0 Å². The Hall–Kier alpha value is -1.06. The largest absolute Gasteiger partial charge is 0.356 e. The molecule has 3 nitrogen and oxygen atoms in total. The number of nitrogens with one attached hydrogen (secondary N) is 1. The molecule has 116 valence electrons. The molecule has 0 atom stereocenters. The third kappa shape index (κ3) is 5.68. The van der Waals surface area contributed by atoms with Gasteiger partial charge in [0.25, 0.3) is 0 Å². The van der Waals surface area contributed by atoms with Crippen LogP contribution < -0.4 is 5.32 Å². The zero-order valence-electron chi connectivity index (χ0n) is 12.8. The summed E-state index contributed by atoms with van der Waals surface area (Å²) >= 11 is 6.12. The quantitative estimate of drug-likeness (QED) is 0.819. The van der Waals surface area contributed by atoms with Crippen molar-refractivity contribution in [3.8, 4) is 0 Å². The fourth-order valence-corrected chi connectivity index (χ4v) is 3.04. The summed E-state index contributed by atoms with van der Waals surface area (Å²) in [6, 6.07) is 7.90. The molecule has 1 heterocycles. The molecule has 1 amide bonds. The topological polar surface area (TPSA) is 32.3 Å². The van der Waals surface area contributed by atoms with Crippen molar-refractivity contribution < 1.29 is 4.79 Å². The second-order valence-electron chi connectivity index (χ2n) is 6.00. The highest BCUT2D eigenvalue weighted by Gasteiger charge is 2.19. The Kier molecular flexibility index (Phi) is 6.52. The molecule has 1 aliphatic rings. The van der Waals surface area contributed by atoms with Crippen LogP contribution in [0.1, 0.15) is 31.2 Å². The summed E-state index contributed by atoms with van der Waals surface area (Å²) in [7, 11) is 2.14. The van der Waals surface area contributed by atoms with Gasteiger partial charge in [0, 0.05) is 18.0 Å². The molecule has 1 fully saturated rings. The number of piperidine rings is 1. The van der Waals surface area contributed by atoms with E-state index in [9.17, 15) is 4.79 Å². The van der Waals surface area contributed by atoms with Crippen molar-refractivity contribution >= 4 is 17.5 Å². The molecule has 1 aliphatic heterocycles. The first-order chi connectivity index (χ1) is 10.1. The van der Waals surface area contributed by atoms with Crippen LogP contribution in [0.5, 0.6) is 0 Å². The van der Waals surface area contributed by atoms with Gasteiger partial charge in [-0.25, -0.2) is 0 Å². The van der Waals surface area contributed by atoms with Crippen LogP contribution in [0.15, 0.2) is 24.3 Å². The van der Waals surface area contributed by atoms with E-state index in [-0.39, 0.29) is 5.91 Å². The maximum Gasteiger partial charge on any atom is 0.220 e. The molecule has 0 radical (unpaired) electrons. The van der Waals surface area contributed by atoms with E-state index in [1.165, 1.54) is 0 Å². The molecule has 0 aromatic heterocycles. The van der Waals surface area contributed by atoms with Crippen LogP contribution in [0.3, 0.4) is 0 Å². The first-order valence-corrected chi connectivity index (χ1v) is 8.21. The molecule has 2 rings (SSSR count). The molecule has 1 N–H and O–H groups in total. The first kappa shape index (κ1) is 16.3. The van der Waals surface area contributed by atoms with E-state index in [4.69, 9.17) is 11.6 Å². The van der Waals surface area contributed by atoms with Gasteiger partial charge in [-0.05, 0) is 63.4 Å². The van der Waals surface area contributed by atoms with Crippen LogP contribution >= 0.6 is 11.6 Å². The fourth-order valence-electron chi connectivity index (χ4n) is 2.81. The number of likely N-dealkylation sites (tertiary alicyclic amines) is 1. The van der Waals surface area contributed by atoms with E-state index < -0.39 is 0 Å². The highest BCUT2D eigenvalue weighted by molar-refractivity contribution is 6.31. The number of aryl methyl sites for hydroxylation is 1. The molecule has 21 heavy (non-hydrogen) atoms. The standard InChI is InChI=1S/C17H25ClN2O/c1-20-11-8-14(9-12-20)13-17(21)19-10-4-6-15-5-2-3-7-16(15)18/h2-3,5,7,14H,4,6,8-13H2,1H3,(H,19,21). The summed E-state index contributed by atoms with van der Waals surface area (Å²) in [6.45, 7) is 2.96. The Balaban J connectivity index is 1.60. The van der Waals surface area contributed by atoms with E-state index in [0.29, 0.717) is 12.3 Å². The average molecular weight is 309 g/mol. The normalized spacial score (nSPS) is 16.9. The van der Waals surface area contributed by atoms with Crippen molar-refractivity contribution in [1.29, 1.82) is 0 Å². The van der Waals surface area contributed by atoms with E-state index in [2.05, 4.69) is 17.3 Å². The summed E-state index contributed by atoms with van der Waals surface area (Å²) in [4.78, 5) is 14.3. The Morgan fingerprint density at radius 3 is 2.76 bits per heavy atom. The molecule has 0 spiro atoms. The molecule has 0 bridgehead atoms. The SMILES string of the molecule is CN1CCC(CC(=O)NCCCc2ccccc2Cl)CC1. The number of rotatable bonds is 6. The van der Waals surface area contributed by atoms with Gasteiger partial charge in [-0.1, -0.05) is 29.8 Å². The van der Waals surface area contributed by atoms with E-state index in [0.717, 1.165) is 55.9 Å². The summed E-state index contributed by atoms with van der Waals surface area (Å²) in [6.07, 6.45) is 4.81. The monoisotopic (exact) mass is 308 g/mol. The van der Waals surface area contributed by atoms with Gasteiger partial charge in [0.1, 0.15) is 0 Å². The maximum atomic E-state index is 11.9. The lowest BCUT2D eigenvalue weighted by molar-refractivity contribution is -0.122. The minimum absolute atomic E-state index is 0.198. The zero-order valence-corrected chi connectivity index (χ0v) is 13.5. The molecule has 4 heteroatoms. The van der Waals surface area contributed by atoms with Crippen molar-refractivity contribution in [2.75, 3.05) is 26.7 Å². The number of nitrogens with zero attached hydrogens (tertiary/aromatic N) is 1. The minimum atomic E-state index is 0.198. The predicted molar refractivity (Wildman–Crippen MR) is 87.6 cm³/mol.